The summed E-state index contributed by atoms with van der Waals surface area (Å²) in [5.41, 5.74) is 4.37. The third-order valence-electron chi connectivity index (χ3n) is 8.91. The first-order valence-electron chi connectivity index (χ1n) is 16.3. The molecule has 0 atom stereocenters. The Labute approximate surface area is 290 Å². The second-order valence-electron chi connectivity index (χ2n) is 12.0. The number of fused-ring (bicyclic) bond motifs is 6. The fourth-order valence-electron chi connectivity index (χ4n) is 6.14. The van der Waals surface area contributed by atoms with Gasteiger partial charge in [-0.2, -0.15) is 0 Å². The molecule has 1 radical (unpaired) electrons. The molecule has 0 bridgehead atoms. The summed E-state index contributed by atoms with van der Waals surface area (Å²) in [6.07, 6.45) is 6.60. The normalized spacial score (nSPS) is 11.9. The monoisotopic (exact) mass is 808 g/mol. The van der Waals surface area contributed by atoms with Crippen molar-refractivity contribution >= 4 is 59.0 Å². The van der Waals surface area contributed by atoms with Gasteiger partial charge in [0.1, 0.15) is 6.33 Å². The maximum atomic E-state index is 11.7. The molecule has 0 aliphatic rings. The summed E-state index contributed by atoms with van der Waals surface area (Å²) in [4.78, 5) is 21.1. The van der Waals surface area contributed by atoms with E-state index in [4.69, 9.17) is 4.98 Å². The summed E-state index contributed by atoms with van der Waals surface area (Å²) in [7, 11) is 0. The van der Waals surface area contributed by atoms with Crippen LogP contribution in [0.4, 0.5) is 0 Å². The first kappa shape index (κ1) is 35.4. The van der Waals surface area contributed by atoms with Crippen LogP contribution in [0.2, 0.25) is 0 Å². The molecule has 0 aliphatic heterocycles. The molecule has 241 valence electrons. The number of nitrogens with zero attached hydrogens (tertiary/aromatic N) is 2. The van der Waals surface area contributed by atoms with Gasteiger partial charge in [0.2, 0.25) is 0 Å². The van der Waals surface area contributed by atoms with E-state index in [0.29, 0.717) is 5.92 Å². The summed E-state index contributed by atoms with van der Waals surface area (Å²) in [6, 6.07) is 27.3. The molecule has 0 fully saturated rings. The third kappa shape index (κ3) is 7.25. The smallest absolute Gasteiger partial charge is 0.162 e. The van der Waals surface area contributed by atoms with Gasteiger partial charge in [-0.25, -0.2) is 4.98 Å². The number of hydrogen-bond donors (Lipinski definition) is 1. The van der Waals surface area contributed by atoms with Gasteiger partial charge < -0.3 is 5.11 Å². The van der Waals surface area contributed by atoms with Crippen LogP contribution in [-0.2, 0) is 24.9 Å². The molecule has 0 aliphatic carbocycles. The topological polar surface area (TPSA) is 63.1 Å². The van der Waals surface area contributed by atoms with Crippen LogP contribution in [0.25, 0.3) is 53.1 Å². The van der Waals surface area contributed by atoms with Crippen LogP contribution < -0.4 is 0 Å². The van der Waals surface area contributed by atoms with Crippen LogP contribution in [0.5, 0.6) is 0 Å². The Hall–Kier alpha value is -3.44. The number of carbonyl (C=O) groups excluding carboxylic acids is 1. The number of aliphatic hydroxyl groups excluding tert-OH is 1. The molecule has 0 saturated carbocycles. The number of ketones is 1. The number of allylic oxidation sites excluding steroid dienone is 2. The van der Waals surface area contributed by atoms with Crippen molar-refractivity contribution in [1.29, 1.82) is 0 Å². The van der Waals surface area contributed by atoms with E-state index in [1.54, 1.807) is 17.7 Å². The minimum absolute atomic E-state index is 0. The van der Waals surface area contributed by atoms with Crippen molar-refractivity contribution in [2.24, 2.45) is 11.8 Å². The Bertz CT molecular complexity index is 1990. The van der Waals surface area contributed by atoms with Crippen molar-refractivity contribution in [2.45, 2.75) is 73.1 Å². The van der Waals surface area contributed by atoms with Crippen molar-refractivity contribution in [1.82, 2.24) is 9.97 Å². The average Bonchev–Trinajstić information content (AvgIpc) is 3.45. The Morgan fingerprint density at radius 3 is 2.15 bits per heavy atom. The quantitative estimate of drug-likeness (QED) is 0.0898. The molecule has 4 nitrogen and oxygen atoms in total. The van der Waals surface area contributed by atoms with E-state index in [1.807, 2.05) is 27.7 Å². The number of aromatic nitrogens is 2. The predicted molar refractivity (Wildman–Crippen MR) is 192 cm³/mol. The van der Waals surface area contributed by atoms with Crippen molar-refractivity contribution in [2.75, 3.05) is 0 Å². The zero-order valence-corrected chi connectivity index (χ0v) is 30.8. The zero-order valence-electron chi connectivity index (χ0n) is 27.6. The van der Waals surface area contributed by atoms with Gasteiger partial charge >= 0.3 is 0 Å². The molecule has 0 unspecified atom stereocenters. The van der Waals surface area contributed by atoms with E-state index >= 15 is 0 Å². The molecular weight excluding hydrogens is 765 g/mol. The second kappa shape index (κ2) is 15.9. The molecule has 46 heavy (non-hydrogen) atoms. The van der Waals surface area contributed by atoms with E-state index in [1.165, 1.54) is 37.9 Å². The van der Waals surface area contributed by atoms with Crippen molar-refractivity contribution < 1.29 is 30.0 Å². The largest absolute Gasteiger partial charge is 0.512 e. The van der Waals surface area contributed by atoms with Crippen LogP contribution in [0.15, 0.2) is 84.9 Å². The molecule has 2 aromatic heterocycles. The molecule has 2 heterocycles. The molecule has 0 spiro atoms. The molecule has 6 rings (SSSR count). The van der Waals surface area contributed by atoms with Gasteiger partial charge in [-0.15, -0.1) is 40.5 Å². The van der Waals surface area contributed by atoms with Gasteiger partial charge in [0, 0.05) is 58.5 Å². The SMILES string of the molecule is CC(C)c1cc(-c2ncnc3c2sc2c4ccccc4ccc32)[c-]c2ccccc12.CCC(CC)C(=O)/C=C(\O)C(CC)CC.[Ir]. The van der Waals surface area contributed by atoms with Crippen molar-refractivity contribution in [3.63, 3.8) is 0 Å². The van der Waals surface area contributed by atoms with Gasteiger partial charge in [-0.05, 0) is 42.4 Å². The van der Waals surface area contributed by atoms with Gasteiger partial charge in [0.25, 0.3) is 0 Å². The maximum Gasteiger partial charge on any atom is 0.162 e. The van der Waals surface area contributed by atoms with E-state index in [2.05, 4.69) is 91.6 Å². The van der Waals surface area contributed by atoms with E-state index in [-0.39, 0.29) is 43.5 Å². The Morgan fingerprint density at radius 1 is 0.826 bits per heavy atom. The maximum absolute atomic E-state index is 11.7. The number of carbonyl (C=O) groups is 1. The number of aliphatic hydroxyl groups is 1. The zero-order chi connectivity index (χ0) is 32.1. The fraction of sp³-hybridized carbons (Fsp3) is 0.325. The van der Waals surface area contributed by atoms with Crippen LogP contribution in [0.3, 0.4) is 0 Å². The number of thiophene rings is 1. The average molecular weight is 808 g/mol. The number of hydrogen-bond acceptors (Lipinski definition) is 5. The minimum atomic E-state index is 0. The summed E-state index contributed by atoms with van der Waals surface area (Å²) in [5, 5.41) is 15.9. The summed E-state index contributed by atoms with van der Waals surface area (Å²) in [5.74, 6) is 0.970. The molecule has 0 saturated heterocycles. The first-order valence-corrected chi connectivity index (χ1v) is 17.1. The number of benzene rings is 4. The molecule has 6 heteroatoms. The summed E-state index contributed by atoms with van der Waals surface area (Å²) < 4.78 is 2.40. The van der Waals surface area contributed by atoms with Gasteiger partial charge in [0.05, 0.1) is 11.3 Å². The molecule has 6 aromatic rings. The van der Waals surface area contributed by atoms with E-state index in [9.17, 15) is 9.90 Å². The molecule has 0 amide bonds. The van der Waals surface area contributed by atoms with E-state index < -0.39 is 0 Å². The summed E-state index contributed by atoms with van der Waals surface area (Å²) in [6.45, 7) is 12.6. The van der Waals surface area contributed by atoms with Crippen LogP contribution >= 0.6 is 11.3 Å². The van der Waals surface area contributed by atoms with Gasteiger partial charge in [0.15, 0.2) is 5.78 Å². The van der Waals surface area contributed by atoms with Crippen LogP contribution in [0.1, 0.15) is 78.7 Å². The molecule has 1 N–H and O–H groups in total. The minimum Gasteiger partial charge on any atom is -0.512 e. The van der Waals surface area contributed by atoms with Gasteiger partial charge in [-0.3, -0.25) is 9.78 Å². The predicted octanol–water partition coefficient (Wildman–Crippen LogP) is 11.6. The third-order valence-corrected chi connectivity index (χ3v) is 10.1. The Balaban J connectivity index is 0.000000259. The van der Waals surface area contributed by atoms with Crippen molar-refractivity contribution in [3.05, 3.63) is 96.5 Å². The molecule has 4 aromatic carbocycles. The standard InChI is InChI=1S/C27H19N2S.C13H24O2.Ir/c1-16(2)23-14-19(13-18-8-4-5-9-20(18)23)24-27-25(29-15-28-24)22-12-11-17-7-3-6-10-21(17)26(22)30-27;1-5-10(6-2)12(14)9-13(15)11(7-3)8-4;/h3-12,14-16H,1-2H3;9-11,14H,5-8H2,1-4H3;/q-1;;/b;12-9-;. The first-order chi connectivity index (χ1) is 21.8. The fourth-order valence-corrected chi connectivity index (χ4v) is 7.43. The summed E-state index contributed by atoms with van der Waals surface area (Å²) >= 11 is 1.79. The Kier molecular flexibility index (Phi) is 12.2. The van der Waals surface area contributed by atoms with Crippen LogP contribution in [-0.4, -0.2) is 20.9 Å². The van der Waals surface area contributed by atoms with E-state index in [0.717, 1.165) is 52.5 Å². The number of rotatable bonds is 9. The van der Waals surface area contributed by atoms with Crippen LogP contribution in [0, 0.1) is 17.9 Å². The molecular formula is C40H43IrN2O2S-. The Morgan fingerprint density at radius 2 is 1.48 bits per heavy atom. The van der Waals surface area contributed by atoms with Crippen molar-refractivity contribution in [3.8, 4) is 11.3 Å². The van der Waals surface area contributed by atoms with Gasteiger partial charge in [-0.1, -0.05) is 107 Å². The second-order valence-corrected chi connectivity index (χ2v) is 13.0.